The summed E-state index contributed by atoms with van der Waals surface area (Å²) in [6.45, 7) is 0. The topological polar surface area (TPSA) is 84.0 Å². The second-order valence-corrected chi connectivity index (χ2v) is 7.05. The Morgan fingerprint density at radius 3 is 1.70 bits per heavy atom. The Hall–Kier alpha value is -4.76. The zero-order valence-electron chi connectivity index (χ0n) is 17.8. The summed E-state index contributed by atoms with van der Waals surface area (Å²) >= 11 is 0. The van der Waals surface area contributed by atoms with Crippen LogP contribution >= 0.6 is 0 Å². The lowest BCUT2D eigenvalue weighted by Gasteiger charge is -2.07. The van der Waals surface area contributed by atoms with Crippen molar-refractivity contribution in [3.63, 3.8) is 0 Å². The van der Waals surface area contributed by atoms with Gasteiger partial charge < -0.3 is 9.47 Å². The molecular weight excluding hydrogens is 414 g/mol. The molecule has 0 radical (unpaired) electrons. The van der Waals surface area contributed by atoms with Crippen LogP contribution in [0.1, 0.15) is 15.9 Å². The van der Waals surface area contributed by atoms with Crippen LogP contribution in [0.2, 0.25) is 0 Å². The van der Waals surface area contributed by atoms with E-state index in [1.807, 2.05) is 36.4 Å². The number of nitrogens with zero attached hydrogens (tertiary/aromatic N) is 3. The lowest BCUT2D eigenvalue weighted by atomic mass is 10.1. The number of carbonyl (C=O) groups excluding carboxylic acids is 1. The van der Waals surface area contributed by atoms with Gasteiger partial charge in [-0.05, 0) is 83.9 Å². The fourth-order valence-electron chi connectivity index (χ4n) is 3.05. The van der Waals surface area contributed by atoms with Gasteiger partial charge >= 0.3 is 5.97 Å². The molecule has 0 aromatic heterocycles. The van der Waals surface area contributed by atoms with Crippen molar-refractivity contribution >= 4 is 17.3 Å². The Morgan fingerprint density at radius 1 is 0.697 bits per heavy atom. The fourth-order valence-corrected chi connectivity index (χ4v) is 3.05. The first kappa shape index (κ1) is 21.5. The predicted octanol–water partition coefficient (Wildman–Crippen LogP) is 6.87. The molecule has 0 amide bonds. The van der Waals surface area contributed by atoms with Gasteiger partial charge in [0.1, 0.15) is 11.5 Å². The molecular formula is C27H19N3O3. The standard InChI is InChI=1S/C27H19N3O3/c1-32-25-14-8-22(9-15-25)27(31)33-26-16-6-21(7-17-26)20-4-12-24(13-5-20)30-29-23-10-2-19(18-28)3-11-23/h2-17H,1H3. The first-order valence-corrected chi connectivity index (χ1v) is 10.1. The van der Waals surface area contributed by atoms with E-state index in [1.165, 1.54) is 0 Å². The molecule has 0 N–H and O–H groups in total. The molecule has 0 saturated heterocycles. The van der Waals surface area contributed by atoms with Crippen molar-refractivity contribution < 1.29 is 14.3 Å². The molecule has 0 aliphatic rings. The van der Waals surface area contributed by atoms with E-state index in [0.717, 1.165) is 11.1 Å². The second kappa shape index (κ2) is 10.0. The molecule has 6 heteroatoms. The summed E-state index contributed by atoms with van der Waals surface area (Å²) in [5.41, 5.74) is 4.41. The molecule has 160 valence electrons. The SMILES string of the molecule is COc1ccc(C(=O)Oc2ccc(-c3ccc(N=Nc4ccc(C#N)cc4)cc3)cc2)cc1. The van der Waals surface area contributed by atoms with Crippen molar-refractivity contribution in [1.82, 2.24) is 0 Å². The van der Waals surface area contributed by atoms with Gasteiger partial charge in [-0.3, -0.25) is 0 Å². The van der Waals surface area contributed by atoms with Crippen LogP contribution < -0.4 is 9.47 Å². The molecule has 0 spiro atoms. The zero-order valence-corrected chi connectivity index (χ0v) is 17.8. The number of carbonyl (C=O) groups is 1. The highest BCUT2D eigenvalue weighted by atomic mass is 16.5. The fraction of sp³-hybridized carbons (Fsp3) is 0.0370. The molecule has 0 fully saturated rings. The normalized spacial score (nSPS) is 10.5. The van der Waals surface area contributed by atoms with E-state index < -0.39 is 5.97 Å². The number of methoxy groups -OCH3 is 1. The number of esters is 1. The highest BCUT2D eigenvalue weighted by molar-refractivity contribution is 5.91. The maximum atomic E-state index is 12.3. The Balaban J connectivity index is 1.39. The van der Waals surface area contributed by atoms with E-state index in [1.54, 1.807) is 67.8 Å². The maximum absolute atomic E-state index is 12.3. The van der Waals surface area contributed by atoms with Crippen molar-refractivity contribution in [3.8, 4) is 28.7 Å². The minimum atomic E-state index is -0.428. The second-order valence-electron chi connectivity index (χ2n) is 7.05. The molecule has 4 rings (SSSR count). The maximum Gasteiger partial charge on any atom is 0.343 e. The van der Waals surface area contributed by atoms with Crippen molar-refractivity contribution in [3.05, 3.63) is 108 Å². The number of rotatable bonds is 6. The highest BCUT2D eigenvalue weighted by Gasteiger charge is 2.09. The third kappa shape index (κ3) is 5.49. The highest BCUT2D eigenvalue weighted by Crippen LogP contribution is 2.26. The number of ether oxygens (including phenoxy) is 2. The van der Waals surface area contributed by atoms with Gasteiger partial charge in [0.2, 0.25) is 0 Å². The number of hydrogen-bond donors (Lipinski definition) is 0. The van der Waals surface area contributed by atoms with Crippen molar-refractivity contribution in [1.29, 1.82) is 5.26 Å². The smallest absolute Gasteiger partial charge is 0.343 e. The molecule has 0 saturated carbocycles. The Labute approximate surface area is 191 Å². The van der Waals surface area contributed by atoms with E-state index in [0.29, 0.717) is 34.0 Å². The number of nitriles is 1. The summed E-state index contributed by atoms with van der Waals surface area (Å²) in [6, 6.07) is 30.7. The van der Waals surface area contributed by atoms with E-state index in [4.69, 9.17) is 14.7 Å². The first-order chi connectivity index (χ1) is 16.1. The van der Waals surface area contributed by atoms with E-state index >= 15 is 0 Å². The Kier molecular flexibility index (Phi) is 6.53. The lowest BCUT2D eigenvalue weighted by molar-refractivity contribution is 0.0734. The lowest BCUT2D eigenvalue weighted by Crippen LogP contribution is -2.08. The number of hydrogen-bond acceptors (Lipinski definition) is 6. The third-order valence-corrected chi connectivity index (χ3v) is 4.87. The molecule has 0 heterocycles. The average Bonchev–Trinajstić information content (AvgIpc) is 2.88. The van der Waals surface area contributed by atoms with Crippen LogP contribution in [0.3, 0.4) is 0 Å². The molecule has 0 aliphatic carbocycles. The van der Waals surface area contributed by atoms with E-state index in [9.17, 15) is 4.79 Å². The quantitative estimate of drug-likeness (QED) is 0.189. The van der Waals surface area contributed by atoms with Gasteiger partial charge in [0, 0.05) is 0 Å². The van der Waals surface area contributed by atoms with Crippen LogP contribution in [0.15, 0.2) is 107 Å². The molecule has 0 aliphatic heterocycles. The van der Waals surface area contributed by atoms with Gasteiger partial charge in [0.05, 0.1) is 35.7 Å². The molecule has 33 heavy (non-hydrogen) atoms. The number of benzene rings is 4. The van der Waals surface area contributed by atoms with Crippen LogP contribution in [0, 0.1) is 11.3 Å². The number of azo groups is 1. The van der Waals surface area contributed by atoms with Crippen LogP contribution in [0.5, 0.6) is 11.5 Å². The largest absolute Gasteiger partial charge is 0.497 e. The molecule has 0 atom stereocenters. The van der Waals surface area contributed by atoms with Gasteiger partial charge in [0.25, 0.3) is 0 Å². The molecule has 4 aromatic carbocycles. The first-order valence-electron chi connectivity index (χ1n) is 10.1. The third-order valence-electron chi connectivity index (χ3n) is 4.87. The van der Waals surface area contributed by atoms with Crippen molar-refractivity contribution in [2.75, 3.05) is 7.11 Å². The summed E-state index contributed by atoms with van der Waals surface area (Å²) in [4.78, 5) is 12.3. The van der Waals surface area contributed by atoms with E-state index in [-0.39, 0.29) is 0 Å². The van der Waals surface area contributed by atoms with E-state index in [2.05, 4.69) is 16.3 Å². The van der Waals surface area contributed by atoms with Gasteiger partial charge in [-0.25, -0.2) is 4.79 Å². The monoisotopic (exact) mass is 433 g/mol. The summed E-state index contributed by atoms with van der Waals surface area (Å²) in [6.07, 6.45) is 0. The Morgan fingerprint density at radius 2 is 1.18 bits per heavy atom. The van der Waals surface area contributed by atoms with Gasteiger partial charge in [0.15, 0.2) is 0 Å². The summed E-state index contributed by atoms with van der Waals surface area (Å²) < 4.78 is 10.5. The average molecular weight is 433 g/mol. The summed E-state index contributed by atoms with van der Waals surface area (Å²) in [5, 5.41) is 17.3. The Bertz CT molecular complexity index is 1300. The van der Waals surface area contributed by atoms with Crippen LogP contribution in [0.25, 0.3) is 11.1 Å². The summed E-state index contributed by atoms with van der Waals surface area (Å²) in [7, 11) is 1.57. The minimum Gasteiger partial charge on any atom is -0.497 e. The van der Waals surface area contributed by atoms with Crippen molar-refractivity contribution in [2.45, 2.75) is 0 Å². The predicted molar refractivity (Wildman–Crippen MR) is 125 cm³/mol. The zero-order chi connectivity index (χ0) is 23.0. The molecule has 4 aromatic rings. The van der Waals surface area contributed by atoms with Crippen LogP contribution in [-0.4, -0.2) is 13.1 Å². The van der Waals surface area contributed by atoms with Gasteiger partial charge in [-0.1, -0.05) is 24.3 Å². The van der Waals surface area contributed by atoms with Crippen LogP contribution in [0.4, 0.5) is 11.4 Å². The minimum absolute atomic E-state index is 0.428. The molecule has 0 unspecified atom stereocenters. The molecule has 0 bridgehead atoms. The summed E-state index contributed by atoms with van der Waals surface area (Å²) in [5.74, 6) is 0.715. The van der Waals surface area contributed by atoms with Crippen molar-refractivity contribution in [2.24, 2.45) is 10.2 Å². The van der Waals surface area contributed by atoms with Gasteiger partial charge in [-0.2, -0.15) is 15.5 Å². The van der Waals surface area contributed by atoms with Crippen LogP contribution in [-0.2, 0) is 0 Å². The molecule has 6 nitrogen and oxygen atoms in total. The van der Waals surface area contributed by atoms with Gasteiger partial charge in [-0.15, -0.1) is 0 Å².